The molecule has 29 heavy (non-hydrogen) atoms. The molecule has 0 bridgehead atoms. The molecular weight excluding hydrogens is 372 g/mol. The summed E-state index contributed by atoms with van der Waals surface area (Å²) in [6, 6.07) is 0. The molecule has 6 nitrogen and oxygen atoms in total. The summed E-state index contributed by atoms with van der Waals surface area (Å²) in [7, 11) is 0. The molecule has 2 N–H and O–H groups in total. The number of rotatable bonds is 16. The van der Waals surface area contributed by atoms with Crippen molar-refractivity contribution < 1.29 is 29.2 Å². The van der Waals surface area contributed by atoms with Crippen LogP contribution in [0.25, 0.3) is 0 Å². The molecule has 0 spiro atoms. The molecule has 0 aliphatic rings. The molecular formula is C23H38O6. The Kier molecular flexibility index (Phi) is 12.0. The SMILES string of the molecule is CCCCCOc1c(O)c(C(=O)O)c(OCCC)c(OCCC)c1CCCCC. The zero-order valence-electron chi connectivity index (χ0n) is 18.5. The topological polar surface area (TPSA) is 85.2 Å². The predicted octanol–water partition coefficient (Wildman–Crippen LogP) is 5.97. The van der Waals surface area contributed by atoms with E-state index in [2.05, 4.69) is 13.8 Å². The van der Waals surface area contributed by atoms with Crippen molar-refractivity contribution in [3.05, 3.63) is 11.1 Å². The van der Waals surface area contributed by atoms with Gasteiger partial charge in [-0.15, -0.1) is 0 Å². The van der Waals surface area contributed by atoms with Gasteiger partial charge in [-0.3, -0.25) is 0 Å². The highest BCUT2D eigenvalue weighted by molar-refractivity contribution is 5.97. The molecule has 0 aliphatic carbocycles. The van der Waals surface area contributed by atoms with Crippen molar-refractivity contribution in [2.45, 2.75) is 85.5 Å². The van der Waals surface area contributed by atoms with Crippen LogP contribution in [0.5, 0.6) is 23.0 Å². The number of carbonyl (C=O) groups is 1. The Morgan fingerprint density at radius 3 is 1.83 bits per heavy atom. The van der Waals surface area contributed by atoms with E-state index < -0.39 is 5.97 Å². The Hall–Kier alpha value is -2.11. The molecule has 0 radical (unpaired) electrons. The molecule has 1 aromatic carbocycles. The van der Waals surface area contributed by atoms with E-state index >= 15 is 0 Å². The highest BCUT2D eigenvalue weighted by atomic mass is 16.5. The average Bonchev–Trinajstić information content (AvgIpc) is 2.70. The van der Waals surface area contributed by atoms with Crippen molar-refractivity contribution in [1.82, 2.24) is 0 Å². The maximum Gasteiger partial charge on any atom is 0.343 e. The van der Waals surface area contributed by atoms with Gasteiger partial charge in [-0.05, 0) is 32.1 Å². The van der Waals surface area contributed by atoms with Gasteiger partial charge in [-0.1, -0.05) is 53.4 Å². The van der Waals surface area contributed by atoms with Crippen molar-refractivity contribution in [2.24, 2.45) is 0 Å². The molecule has 0 fully saturated rings. The number of hydrogen-bond donors (Lipinski definition) is 2. The van der Waals surface area contributed by atoms with E-state index in [1.165, 1.54) is 0 Å². The molecule has 0 heterocycles. The third kappa shape index (κ3) is 7.33. The summed E-state index contributed by atoms with van der Waals surface area (Å²) in [6.07, 6.45) is 7.99. The normalized spacial score (nSPS) is 10.8. The van der Waals surface area contributed by atoms with Crippen molar-refractivity contribution in [2.75, 3.05) is 19.8 Å². The lowest BCUT2D eigenvalue weighted by molar-refractivity contribution is 0.0686. The van der Waals surface area contributed by atoms with Crippen LogP contribution < -0.4 is 14.2 Å². The first-order valence-corrected chi connectivity index (χ1v) is 11.1. The molecule has 0 aromatic heterocycles. The fraction of sp³-hybridized carbons (Fsp3) is 0.696. The Morgan fingerprint density at radius 2 is 1.28 bits per heavy atom. The average molecular weight is 411 g/mol. The smallest absolute Gasteiger partial charge is 0.343 e. The minimum atomic E-state index is -1.26. The van der Waals surface area contributed by atoms with Crippen LogP contribution in [0.15, 0.2) is 0 Å². The lowest BCUT2D eigenvalue weighted by Crippen LogP contribution is -2.12. The first kappa shape index (κ1) is 24.9. The fourth-order valence-electron chi connectivity index (χ4n) is 3.08. The summed E-state index contributed by atoms with van der Waals surface area (Å²) in [4.78, 5) is 12.0. The fourth-order valence-corrected chi connectivity index (χ4v) is 3.08. The number of ether oxygens (including phenoxy) is 3. The van der Waals surface area contributed by atoms with Crippen LogP contribution in [0.3, 0.4) is 0 Å². The highest BCUT2D eigenvalue weighted by Gasteiger charge is 2.31. The van der Waals surface area contributed by atoms with Crippen molar-refractivity contribution in [1.29, 1.82) is 0 Å². The highest BCUT2D eigenvalue weighted by Crippen LogP contribution is 2.49. The van der Waals surface area contributed by atoms with Gasteiger partial charge in [0, 0.05) is 5.56 Å². The van der Waals surface area contributed by atoms with Crippen LogP contribution in [0.4, 0.5) is 0 Å². The maximum absolute atomic E-state index is 12.0. The van der Waals surface area contributed by atoms with E-state index in [1.54, 1.807) is 0 Å². The molecule has 1 rings (SSSR count). The molecule has 0 unspecified atom stereocenters. The van der Waals surface area contributed by atoms with E-state index in [1.807, 2.05) is 13.8 Å². The van der Waals surface area contributed by atoms with E-state index in [0.717, 1.165) is 44.9 Å². The molecule has 6 heteroatoms. The van der Waals surface area contributed by atoms with E-state index in [4.69, 9.17) is 14.2 Å². The molecule has 166 valence electrons. The van der Waals surface area contributed by atoms with Crippen LogP contribution in [0, 0.1) is 0 Å². The molecule has 0 saturated heterocycles. The Morgan fingerprint density at radius 1 is 0.724 bits per heavy atom. The number of benzene rings is 1. The van der Waals surface area contributed by atoms with Crippen LogP contribution >= 0.6 is 0 Å². The summed E-state index contributed by atoms with van der Waals surface area (Å²) in [6.45, 7) is 9.35. The number of carboxylic acids is 1. The first-order chi connectivity index (χ1) is 14.0. The van der Waals surface area contributed by atoms with Gasteiger partial charge in [0.15, 0.2) is 28.6 Å². The Balaban J connectivity index is 3.54. The quantitative estimate of drug-likeness (QED) is 0.327. The number of phenols is 1. The van der Waals surface area contributed by atoms with Crippen molar-refractivity contribution in [3.63, 3.8) is 0 Å². The van der Waals surface area contributed by atoms with Gasteiger partial charge in [0.2, 0.25) is 0 Å². The van der Waals surface area contributed by atoms with E-state index in [-0.39, 0.29) is 22.8 Å². The van der Waals surface area contributed by atoms with Crippen LogP contribution in [0.2, 0.25) is 0 Å². The molecule has 1 aromatic rings. The first-order valence-electron chi connectivity index (χ1n) is 11.1. The predicted molar refractivity (Wildman–Crippen MR) is 115 cm³/mol. The summed E-state index contributed by atoms with van der Waals surface area (Å²) in [5.41, 5.74) is 0.422. The lowest BCUT2D eigenvalue weighted by atomic mass is 9.99. The number of carboxylic acid groups (broad SMARTS) is 1. The number of hydrogen-bond acceptors (Lipinski definition) is 5. The summed E-state index contributed by atoms with van der Waals surface area (Å²) < 4.78 is 17.7. The van der Waals surface area contributed by atoms with Crippen molar-refractivity contribution >= 4 is 5.97 Å². The second-order valence-corrected chi connectivity index (χ2v) is 7.20. The molecule has 0 saturated carbocycles. The molecule has 0 atom stereocenters. The number of unbranched alkanes of at least 4 members (excludes halogenated alkanes) is 4. The molecule has 0 amide bonds. The third-order valence-corrected chi connectivity index (χ3v) is 4.57. The minimum Gasteiger partial charge on any atom is -0.504 e. The van der Waals surface area contributed by atoms with E-state index in [9.17, 15) is 15.0 Å². The van der Waals surface area contributed by atoms with Gasteiger partial charge < -0.3 is 24.4 Å². The minimum absolute atomic E-state index is 0.109. The van der Waals surface area contributed by atoms with Gasteiger partial charge in [0.1, 0.15) is 0 Å². The Labute approximate surface area is 175 Å². The zero-order chi connectivity index (χ0) is 21.6. The van der Waals surface area contributed by atoms with Gasteiger partial charge in [0.25, 0.3) is 0 Å². The maximum atomic E-state index is 12.0. The second kappa shape index (κ2) is 14.0. The van der Waals surface area contributed by atoms with Crippen molar-refractivity contribution in [3.8, 4) is 23.0 Å². The standard InChI is InChI=1S/C23H38O6/c1-5-9-11-13-17-20(29-16-12-10-6-2)19(24)18(23(25)26)22(28-15-8-4)21(17)27-14-7-3/h24H,5-16H2,1-4H3,(H,25,26). The number of aromatic carboxylic acids is 1. The second-order valence-electron chi connectivity index (χ2n) is 7.20. The third-order valence-electron chi connectivity index (χ3n) is 4.57. The summed E-state index contributed by atoms with van der Waals surface area (Å²) >= 11 is 0. The van der Waals surface area contributed by atoms with Gasteiger partial charge >= 0.3 is 5.97 Å². The van der Waals surface area contributed by atoms with Gasteiger partial charge in [0.05, 0.1) is 19.8 Å². The van der Waals surface area contributed by atoms with Gasteiger partial charge in [-0.25, -0.2) is 4.79 Å². The lowest BCUT2D eigenvalue weighted by Gasteiger charge is -2.23. The monoisotopic (exact) mass is 410 g/mol. The molecule has 0 aliphatic heterocycles. The Bertz CT molecular complexity index is 627. The number of aromatic hydroxyl groups is 1. The van der Waals surface area contributed by atoms with Crippen LogP contribution in [-0.4, -0.2) is 36.0 Å². The summed E-state index contributed by atoms with van der Waals surface area (Å²) in [5, 5.41) is 20.6. The van der Waals surface area contributed by atoms with Crippen LogP contribution in [0.1, 0.15) is 95.0 Å². The van der Waals surface area contributed by atoms with E-state index in [0.29, 0.717) is 44.0 Å². The van der Waals surface area contributed by atoms with Gasteiger partial charge in [-0.2, -0.15) is 0 Å². The zero-order valence-corrected chi connectivity index (χ0v) is 18.5. The van der Waals surface area contributed by atoms with Crippen LogP contribution in [-0.2, 0) is 6.42 Å². The largest absolute Gasteiger partial charge is 0.504 e. The summed E-state index contributed by atoms with van der Waals surface area (Å²) in [5.74, 6) is -0.886.